The van der Waals surface area contributed by atoms with Crippen LogP contribution in [-0.2, 0) is 9.47 Å². The number of carbonyl (C=O) groups is 1. The zero-order valence-electron chi connectivity index (χ0n) is 19.7. The van der Waals surface area contributed by atoms with Gasteiger partial charge in [-0.15, -0.1) is 0 Å². The summed E-state index contributed by atoms with van der Waals surface area (Å²) < 4.78 is 14.3. The Kier molecular flexibility index (Phi) is 5.45. The molecular formula is C24H29N7O4. The molecule has 2 aliphatic carbocycles. The molecule has 3 aromatic rings. The van der Waals surface area contributed by atoms with Crippen LogP contribution in [0.3, 0.4) is 0 Å². The zero-order chi connectivity index (χ0) is 24.1. The molecule has 5 atom stereocenters. The van der Waals surface area contributed by atoms with E-state index < -0.39 is 0 Å². The first-order valence-corrected chi connectivity index (χ1v) is 12.0. The molecule has 3 fully saturated rings. The Morgan fingerprint density at radius 2 is 2.09 bits per heavy atom. The molecule has 3 aromatic heterocycles. The molecule has 11 nitrogen and oxygen atoms in total. The molecule has 184 valence electrons. The highest BCUT2D eigenvalue weighted by Crippen LogP contribution is 2.53. The van der Waals surface area contributed by atoms with E-state index >= 15 is 0 Å². The molecule has 0 aromatic carbocycles. The van der Waals surface area contributed by atoms with Crippen molar-refractivity contribution in [3.05, 3.63) is 46.5 Å². The molecule has 35 heavy (non-hydrogen) atoms. The highest BCUT2D eigenvalue weighted by Gasteiger charge is 2.55. The normalized spacial score (nSPS) is 27.1. The van der Waals surface area contributed by atoms with E-state index in [-0.39, 0.29) is 29.7 Å². The van der Waals surface area contributed by atoms with Gasteiger partial charge in [-0.3, -0.25) is 9.59 Å². The van der Waals surface area contributed by atoms with Crippen LogP contribution in [0.1, 0.15) is 35.7 Å². The highest BCUT2D eigenvalue weighted by molar-refractivity contribution is 6.00. The van der Waals surface area contributed by atoms with Gasteiger partial charge in [0.25, 0.3) is 11.5 Å². The fraction of sp³-hybridized carbons (Fsp3) is 0.500. The Labute approximate surface area is 201 Å². The van der Waals surface area contributed by atoms with Crippen LogP contribution in [0.25, 0.3) is 5.65 Å². The van der Waals surface area contributed by atoms with Gasteiger partial charge in [-0.25, -0.2) is 4.98 Å². The van der Waals surface area contributed by atoms with Crippen molar-refractivity contribution in [3.63, 3.8) is 0 Å². The summed E-state index contributed by atoms with van der Waals surface area (Å²) in [6.07, 6.45) is 6.12. The number of hydrogen-bond donors (Lipinski definition) is 3. The van der Waals surface area contributed by atoms with Crippen LogP contribution in [0.15, 0.2) is 35.4 Å². The molecule has 1 amide bonds. The quantitative estimate of drug-likeness (QED) is 0.469. The molecule has 1 aliphatic heterocycles. The van der Waals surface area contributed by atoms with Crippen molar-refractivity contribution in [3.8, 4) is 0 Å². The van der Waals surface area contributed by atoms with Crippen LogP contribution in [-0.4, -0.2) is 64.6 Å². The lowest BCUT2D eigenvalue weighted by molar-refractivity contribution is 0.0916. The van der Waals surface area contributed by atoms with Gasteiger partial charge in [0.05, 0.1) is 25.5 Å². The second kappa shape index (κ2) is 8.65. The summed E-state index contributed by atoms with van der Waals surface area (Å²) in [5.41, 5.74) is 1.12. The number of aromatic nitrogens is 4. The first-order chi connectivity index (χ1) is 17.1. The molecule has 2 saturated carbocycles. The summed E-state index contributed by atoms with van der Waals surface area (Å²) in [4.78, 5) is 30.9. The number of pyridine rings is 1. The minimum Gasteiger partial charge on any atom is -0.381 e. The number of fused-ring (bicyclic) bond motifs is 2. The number of ether oxygens (including phenoxy) is 2. The number of hydrogen-bond acceptors (Lipinski definition) is 8. The first-order valence-electron chi connectivity index (χ1n) is 12.0. The van der Waals surface area contributed by atoms with Gasteiger partial charge in [-0.1, -0.05) is 0 Å². The number of anilines is 3. The van der Waals surface area contributed by atoms with Crippen molar-refractivity contribution in [2.75, 3.05) is 38.0 Å². The maximum absolute atomic E-state index is 13.2. The summed E-state index contributed by atoms with van der Waals surface area (Å²) in [5.74, 6) is 1.70. The lowest BCUT2D eigenvalue weighted by Crippen LogP contribution is -2.33. The van der Waals surface area contributed by atoms with Crippen LogP contribution in [0, 0.1) is 11.8 Å². The fourth-order valence-corrected chi connectivity index (χ4v) is 5.51. The highest BCUT2D eigenvalue weighted by atomic mass is 16.5. The van der Waals surface area contributed by atoms with Gasteiger partial charge in [0.1, 0.15) is 22.9 Å². The van der Waals surface area contributed by atoms with Crippen LogP contribution >= 0.6 is 0 Å². The van der Waals surface area contributed by atoms with Gasteiger partial charge in [0.2, 0.25) is 0 Å². The average Bonchev–Trinajstić information content (AvgIpc) is 3.31. The van der Waals surface area contributed by atoms with Crippen molar-refractivity contribution in [1.29, 1.82) is 0 Å². The van der Waals surface area contributed by atoms with E-state index in [9.17, 15) is 9.59 Å². The van der Waals surface area contributed by atoms with Gasteiger partial charge in [0, 0.05) is 50.3 Å². The Hall–Kier alpha value is -3.44. The van der Waals surface area contributed by atoms with Crippen molar-refractivity contribution >= 4 is 28.9 Å². The smallest absolute Gasteiger partial charge is 0.274 e. The summed E-state index contributed by atoms with van der Waals surface area (Å²) in [5, 5.41) is 13.7. The van der Waals surface area contributed by atoms with Crippen molar-refractivity contribution in [2.24, 2.45) is 11.8 Å². The minimum atomic E-state index is -0.224. The molecule has 0 radical (unpaired) electrons. The molecule has 4 heterocycles. The Balaban J connectivity index is 1.28. The van der Waals surface area contributed by atoms with E-state index in [1.165, 1.54) is 6.20 Å². The zero-order valence-corrected chi connectivity index (χ0v) is 19.7. The SMILES string of the molecule is CNc1cc(Nc2cccn(C3[C@H]4COC[C@@H]34)c2=O)nc2c(C(=O)N[C@@H]3CC[C@@H](OC)C3)cnn12. The number of carbonyl (C=O) groups excluding carboxylic acids is 1. The number of nitrogens with one attached hydrogen (secondary N) is 3. The molecule has 1 unspecified atom stereocenters. The molecule has 0 spiro atoms. The summed E-state index contributed by atoms with van der Waals surface area (Å²) >= 11 is 0. The lowest BCUT2D eigenvalue weighted by Gasteiger charge is -2.14. The second-order valence-corrected chi connectivity index (χ2v) is 9.53. The van der Waals surface area contributed by atoms with E-state index in [0.717, 1.165) is 19.3 Å². The van der Waals surface area contributed by atoms with E-state index in [0.29, 0.717) is 53.6 Å². The van der Waals surface area contributed by atoms with Gasteiger partial charge >= 0.3 is 0 Å². The number of nitrogens with zero attached hydrogens (tertiary/aromatic N) is 4. The third-order valence-electron chi connectivity index (χ3n) is 7.49. The summed E-state index contributed by atoms with van der Waals surface area (Å²) in [6, 6.07) is 5.62. The minimum absolute atomic E-state index is 0.0579. The predicted octanol–water partition coefficient (Wildman–Crippen LogP) is 1.79. The van der Waals surface area contributed by atoms with Crippen molar-refractivity contribution < 1.29 is 14.3 Å². The largest absolute Gasteiger partial charge is 0.381 e. The maximum Gasteiger partial charge on any atom is 0.274 e. The van der Waals surface area contributed by atoms with Crippen LogP contribution in [0.2, 0.25) is 0 Å². The summed E-state index contributed by atoms with van der Waals surface area (Å²) in [7, 11) is 3.47. The number of rotatable bonds is 7. The molecule has 6 rings (SSSR count). The van der Waals surface area contributed by atoms with Crippen LogP contribution in [0.4, 0.5) is 17.3 Å². The fourth-order valence-electron chi connectivity index (χ4n) is 5.51. The lowest BCUT2D eigenvalue weighted by atomic mass is 10.2. The second-order valence-electron chi connectivity index (χ2n) is 9.53. The van der Waals surface area contributed by atoms with Gasteiger partial charge in [-0.2, -0.15) is 9.61 Å². The molecule has 11 heteroatoms. The first kappa shape index (κ1) is 22.1. The van der Waals surface area contributed by atoms with Gasteiger partial charge in [0.15, 0.2) is 5.65 Å². The average molecular weight is 480 g/mol. The Morgan fingerprint density at radius 3 is 2.83 bits per heavy atom. The molecule has 1 saturated heterocycles. The molecule has 3 N–H and O–H groups in total. The van der Waals surface area contributed by atoms with Crippen LogP contribution < -0.4 is 21.5 Å². The standard InChI is InChI=1S/C24H29N7O4/c1-25-20-9-19(28-18-4-3-7-30(24(18)33)21-16-11-35-12-17(16)21)29-22-15(10-26-31(20)22)23(32)27-13-5-6-14(8-13)34-2/h3-4,7,9-10,13-14,16-17,21,25H,5-6,8,11-12H2,1-2H3,(H,27,32)(H,28,29)/t13-,14-,16-,17+,21?/m1/s1. The monoisotopic (exact) mass is 479 g/mol. The maximum atomic E-state index is 13.2. The van der Waals surface area contributed by atoms with Crippen molar-refractivity contribution in [1.82, 2.24) is 24.5 Å². The predicted molar refractivity (Wildman–Crippen MR) is 129 cm³/mol. The molecule has 3 aliphatic rings. The van der Waals surface area contributed by atoms with E-state index in [1.54, 1.807) is 35.4 Å². The van der Waals surface area contributed by atoms with Gasteiger partial charge in [-0.05, 0) is 31.4 Å². The van der Waals surface area contributed by atoms with E-state index in [4.69, 9.17) is 9.47 Å². The number of methoxy groups -OCH3 is 1. The van der Waals surface area contributed by atoms with E-state index in [2.05, 4.69) is 26.0 Å². The third-order valence-corrected chi connectivity index (χ3v) is 7.49. The van der Waals surface area contributed by atoms with Gasteiger partial charge < -0.3 is 30.0 Å². The third kappa shape index (κ3) is 3.84. The molecule has 0 bridgehead atoms. The Morgan fingerprint density at radius 1 is 1.26 bits per heavy atom. The van der Waals surface area contributed by atoms with Crippen molar-refractivity contribution in [2.45, 2.75) is 37.5 Å². The number of amides is 1. The summed E-state index contributed by atoms with van der Waals surface area (Å²) in [6.45, 7) is 1.42. The molecular weight excluding hydrogens is 450 g/mol. The van der Waals surface area contributed by atoms with E-state index in [1.807, 2.05) is 12.3 Å². The topological polar surface area (TPSA) is 124 Å². The Bertz CT molecular complexity index is 1330. The van der Waals surface area contributed by atoms with Crippen LogP contribution in [0.5, 0.6) is 0 Å².